The van der Waals surface area contributed by atoms with Crippen molar-refractivity contribution in [1.29, 1.82) is 0 Å². The molecular weight excluding hydrogens is 293 g/mol. The molecule has 1 aromatic rings. The highest BCUT2D eigenvalue weighted by molar-refractivity contribution is 7.89. The van der Waals surface area contributed by atoms with Gasteiger partial charge < -0.3 is 10.6 Å². The molecular formula is C14H22FN3O2S. The van der Waals surface area contributed by atoms with E-state index in [1.165, 1.54) is 12.1 Å². The molecule has 1 aromatic carbocycles. The fourth-order valence-corrected chi connectivity index (χ4v) is 3.69. The zero-order chi connectivity index (χ0) is 15.5. The maximum atomic E-state index is 13.8. The van der Waals surface area contributed by atoms with Crippen LogP contribution in [0.2, 0.25) is 0 Å². The molecule has 1 fully saturated rings. The van der Waals surface area contributed by atoms with Crippen molar-refractivity contribution in [3.05, 3.63) is 29.6 Å². The van der Waals surface area contributed by atoms with Crippen molar-refractivity contribution in [3.63, 3.8) is 0 Å². The first kappa shape index (κ1) is 16.4. The highest BCUT2D eigenvalue weighted by Crippen LogP contribution is 2.19. The van der Waals surface area contributed by atoms with E-state index in [9.17, 15) is 12.8 Å². The number of hydrogen-bond donors (Lipinski definition) is 2. The average Bonchev–Trinajstić information content (AvgIpc) is 2.47. The molecule has 7 heteroatoms. The number of piperidine rings is 1. The molecule has 1 heterocycles. The predicted octanol–water partition coefficient (Wildman–Crippen LogP) is 0.905. The van der Waals surface area contributed by atoms with Crippen molar-refractivity contribution >= 4 is 10.0 Å². The third-order valence-electron chi connectivity index (χ3n) is 3.92. The standard InChI is InChI=1S/C14H22FN3O2S/c1-18-6-4-11(5-7-18)10-17-21(19,20)14-8-12(9-16)2-3-13(14)15/h2-3,8,11,17H,4-7,9-10,16H2,1H3. The van der Waals surface area contributed by atoms with Gasteiger partial charge in [0, 0.05) is 13.1 Å². The van der Waals surface area contributed by atoms with Gasteiger partial charge in [-0.2, -0.15) is 0 Å². The SMILES string of the molecule is CN1CCC(CNS(=O)(=O)c2cc(CN)ccc2F)CC1. The first-order chi connectivity index (χ1) is 9.92. The minimum Gasteiger partial charge on any atom is -0.326 e. The molecule has 21 heavy (non-hydrogen) atoms. The number of nitrogens with one attached hydrogen (secondary N) is 1. The van der Waals surface area contributed by atoms with Crippen LogP contribution in [0.25, 0.3) is 0 Å². The third-order valence-corrected chi connectivity index (χ3v) is 5.36. The van der Waals surface area contributed by atoms with E-state index in [2.05, 4.69) is 9.62 Å². The third kappa shape index (κ3) is 4.23. The number of nitrogens with zero attached hydrogens (tertiary/aromatic N) is 1. The quantitative estimate of drug-likeness (QED) is 0.847. The van der Waals surface area contributed by atoms with Gasteiger partial charge in [-0.05, 0) is 56.6 Å². The molecule has 1 saturated heterocycles. The van der Waals surface area contributed by atoms with Gasteiger partial charge in [-0.3, -0.25) is 0 Å². The van der Waals surface area contributed by atoms with E-state index in [4.69, 9.17) is 5.73 Å². The Morgan fingerprint density at radius 2 is 2.05 bits per heavy atom. The number of sulfonamides is 1. The van der Waals surface area contributed by atoms with Crippen LogP contribution >= 0.6 is 0 Å². The molecule has 3 N–H and O–H groups in total. The summed E-state index contributed by atoms with van der Waals surface area (Å²) in [6, 6.07) is 3.93. The zero-order valence-corrected chi connectivity index (χ0v) is 13.0. The molecule has 1 aliphatic heterocycles. The molecule has 0 bridgehead atoms. The highest BCUT2D eigenvalue weighted by atomic mass is 32.2. The second-order valence-corrected chi connectivity index (χ2v) is 7.30. The summed E-state index contributed by atoms with van der Waals surface area (Å²) in [5.41, 5.74) is 6.07. The number of hydrogen-bond acceptors (Lipinski definition) is 4. The Hall–Kier alpha value is -1.02. The van der Waals surface area contributed by atoms with Gasteiger partial charge in [0.15, 0.2) is 0 Å². The first-order valence-corrected chi connectivity index (χ1v) is 8.57. The lowest BCUT2D eigenvalue weighted by Gasteiger charge is -2.28. The molecule has 0 amide bonds. The van der Waals surface area contributed by atoms with Crippen molar-refractivity contribution in [2.45, 2.75) is 24.3 Å². The van der Waals surface area contributed by atoms with Crippen LogP contribution < -0.4 is 10.5 Å². The molecule has 0 aliphatic carbocycles. The Morgan fingerprint density at radius 1 is 1.38 bits per heavy atom. The summed E-state index contributed by atoms with van der Waals surface area (Å²) in [6.07, 6.45) is 1.90. The van der Waals surface area contributed by atoms with E-state index in [0.29, 0.717) is 18.0 Å². The summed E-state index contributed by atoms with van der Waals surface area (Å²) in [5, 5.41) is 0. The van der Waals surface area contributed by atoms with Crippen LogP contribution in [-0.4, -0.2) is 40.0 Å². The Bertz CT molecular complexity index is 584. The van der Waals surface area contributed by atoms with E-state index in [0.717, 1.165) is 32.0 Å². The summed E-state index contributed by atoms with van der Waals surface area (Å²) < 4.78 is 40.7. The smallest absolute Gasteiger partial charge is 0.243 e. The highest BCUT2D eigenvalue weighted by Gasteiger charge is 2.22. The lowest BCUT2D eigenvalue weighted by atomic mass is 9.98. The molecule has 118 valence electrons. The number of nitrogens with two attached hydrogens (primary N) is 1. The van der Waals surface area contributed by atoms with E-state index in [-0.39, 0.29) is 11.4 Å². The lowest BCUT2D eigenvalue weighted by molar-refractivity contribution is 0.220. The van der Waals surface area contributed by atoms with E-state index in [1.54, 1.807) is 0 Å². The van der Waals surface area contributed by atoms with Gasteiger partial charge in [0.2, 0.25) is 10.0 Å². The molecule has 1 aliphatic rings. The Balaban J connectivity index is 2.05. The van der Waals surface area contributed by atoms with Gasteiger partial charge in [0.1, 0.15) is 10.7 Å². The van der Waals surface area contributed by atoms with Gasteiger partial charge in [-0.15, -0.1) is 0 Å². The minimum absolute atomic E-state index is 0.178. The molecule has 0 unspecified atom stereocenters. The first-order valence-electron chi connectivity index (χ1n) is 7.09. The van der Waals surface area contributed by atoms with Crippen LogP contribution in [0, 0.1) is 11.7 Å². The van der Waals surface area contributed by atoms with E-state index in [1.807, 2.05) is 7.05 Å². The second kappa shape index (κ2) is 6.83. The van der Waals surface area contributed by atoms with Crippen LogP contribution in [0.4, 0.5) is 4.39 Å². The summed E-state index contributed by atoms with van der Waals surface area (Å²) in [7, 11) is -1.78. The summed E-state index contributed by atoms with van der Waals surface area (Å²) >= 11 is 0. The van der Waals surface area contributed by atoms with Gasteiger partial charge in [-0.1, -0.05) is 6.07 Å². The maximum Gasteiger partial charge on any atom is 0.243 e. The molecule has 0 radical (unpaired) electrons. The largest absolute Gasteiger partial charge is 0.326 e. The molecule has 0 atom stereocenters. The van der Waals surface area contributed by atoms with Crippen molar-refractivity contribution in [1.82, 2.24) is 9.62 Å². The van der Waals surface area contributed by atoms with E-state index < -0.39 is 15.8 Å². The van der Waals surface area contributed by atoms with Crippen LogP contribution in [-0.2, 0) is 16.6 Å². The van der Waals surface area contributed by atoms with Crippen LogP contribution in [0.1, 0.15) is 18.4 Å². The Kier molecular flexibility index (Phi) is 5.32. The number of rotatable bonds is 5. The van der Waals surface area contributed by atoms with Crippen LogP contribution in [0.15, 0.2) is 23.1 Å². The second-order valence-electron chi connectivity index (χ2n) is 5.57. The van der Waals surface area contributed by atoms with Gasteiger partial charge >= 0.3 is 0 Å². The number of benzene rings is 1. The normalized spacial score (nSPS) is 18.0. The summed E-state index contributed by atoms with van der Waals surface area (Å²) in [4.78, 5) is 1.90. The van der Waals surface area contributed by atoms with Crippen LogP contribution in [0.3, 0.4) is 0 Å². The molecule has 5 nitrogen and oxygen atoms in total. The predicted molar refractivity (Wildman–Crippen MR) is 79.7 cm³/mol. The van der Waals surface area contributed by atoms with Crippen LogP contribution in [0.5, 0.6) is 0 Å². The maximum absolute atomic E-state index is 13.8. The number of halogens is 1. The van der Waals surface area contributed by atoms with Gasteiger partial charge in [0.25, 0.3) is 0 Å². The minimum atomic E-state index is -3.83. The molecule has 0 saturated carbocycles. The Labute approximate surface area is 125 Å². The summed E-state index contributed by atoms with van der Waals surface area (Å²) in [5.74, 6) is -0.445. The summed E-state index contributed by atoms with van der Waals surface area (Å²) in [6.45, 7) is 2.45. The fraction of sp³-hybridized carbons (Fsp3) is 0.571. The van der Waals surface area contributed by atoms with Gasteiger partial charge in [0.05, 0.1) is 0 Å². The topological polar surface area (TPSA) is 75.4 Å². The molecule has 0 spiro atoms. The average molecular weight is 315 g/mol. The van der Waals surface area contributed by atoms with Crippen molar-refractivity contribution in [2.75, 3.05) is 26.7 Å². The number of likely N-dealkylation sites (tertiary alicyclic amines) is 1. The lowest BCUT2D eigenvalue weighted by Crippen LogP contribution is -2.37. The van der Waals surface area contributed by atoms with Crippen molar-refractivity contribution in [2.24, 2.45) is 11.7 Å². The monoisotopic (exact) mass is 315 g/mol. The molecule has 2 rings (SSSR count). The fourth-order valence-electron chi connectivity index (χ4n) is 2.45. The van der Waals surface area contributed by atoms with Crippen molar-refractivity contribution < 1.29 is 12.8 Å². The van der Waals surface area contributed by atoms with Gasteiger partial charge in [-0.25, -0.2) is 17.5 Å². The molecule has 0 aromatic heterocycles. The Morgan fingerprint density at radius 3 is 2.67 bits per heavy atom. The van der Waals surface area contributed by atoms with Crippen molar-refractivity contribution in [3.8, 4) is 0 Å². The van der Waals surface area contributed by atoms with E-state index >= 15 is 0 Å². The zero-order valence-electron chi connectivity index (χ0n) is 12.2.